The molecule has 0 aromatic carbocycles. The molecule has 0 aliphatic heterocycles. The van der Waals surface area contributed by atoms with E-state index in [-0.39, 0.29) is 12.5 Å². The van der Waals surface area contributed by atoms with Gasteiger partial charge in [-0.3, -0.25) is 9.78 Å². The minimum absolute atomic E-state index is 0.103. The number of nitrogens with zero attached hydrogens (tertiary/aromatic N) is 1. The lowest BCUT2D eigenvalue weighted by atomic mass is 10.0. The molecule has 1 amide bonds. The van der Waals surface area contributed by atoms with Crippen LogP contribution in [0.2, 0.25) is 0 Å². The van der Waals surface area contributed by atoms with Gasteiger partial charge in [-0.25, -0.2) is 0 Å². The quantitative estimate of drug-likeness (QED) is 0.787. The van der Waals surface area contributed by atoms with Crippen LogP contribution in [-0.4, -0.2) is 29.1 Å². The van der Waals surface area contributed by atoms with Crippen molar-refractivity contribution in [3.8, 4) is 0 Å². The summed E-state index contributed by atoms with van der Waals surface area (Å²) in [6.07, 6.45) is 3.26. The standard InChI is InChI=1S/C13H20N2O2/c1-3-11(6-7-16)8-15-13(17)12-5-4-10(2)14-9-12/h4-5,9,11,16H,3,6-8H2,1-2H3,(H,15,17). The number of carbonyl (C=O) groups is 1. The average Bonchev–Trinajstić information content (AvgIpc) is 2.35. The van der Waals surface area contributed by atoms with Crippen LogP contribution < -0.4 is 5.32 Å². The van der Waals surface area contributed by atoms with Crippen molar-refractivity contribution in [1.82, 2.24) is 10.3 Å². The summed E-state index contributed by atoms with van der Waals surface area (Å²) in [6, 6.07) is 3.59. The molecule has 2 N–H and O–H groups in total. The number of aryl methyl sites for hydroxylation is 1. The highest BCUT2D eigenvalue weighted by Gasteiger charge is 2.09. The molecule has 1 aromatic rings. The number of amides is 1. The highest BCUT2D eigenvalue weighted by Crippen LogP contribution is 2.06. The van der Waals surface area contributed by atoms with Crippen LogP contribution in [0.25, 0.3) is 0 Å². The van der Waals surface area contributed by atoms with E-state index < -0.39 is 0 Å². The molecule has 0 saturated carbocycles. The van der Waals surface area contributed by atoms with E-state index in [1.165, 1.54) is 0 Å². The van der Waals surface area contributed by atoms with Crippen molar-refractivity contribution in [2.45, 2.75) is 26.7 Å². The van der Waals surface area contributed by atoms with Gasteiger partial charge in [0.15, 0.2) is 0 Å². The molecule has 0 saturated heterocycles. The van der Waals surface area contributed by atoms with Crippen molar-refractivity contribution < 1.29 is 9.90 Å². The second-order valence-electron chi connectivity index (χ2n) is 4.18. The summed E-state index contributed by atoms with van der Waals surface area (Å²) in [4.78, 5) is 15.8. The first-order chi connectivity index (χ1) is 8.17. The summed E-state index contributed by atoms with van der Waals surface area (Å²) >= 11 is 0. The second kappa shape index (κ2) is 7.01. The van der Waals surface area contributed by atoms with Gasteiger partial charge in [-0.2, -0.15) is 0 Å². The van der Waals surface area contributed by atoms with E-state index in [0.29, 0.717) is 18.0 Å². The van der Waals surface area contributed by atoms with E-state index in [4.69, 9.17) is 5.11 Å². The minimum Gasteiger partial charge on any atom is -0.396 e. The highest BCUT2D eigenvalue weighted by atomic mass is 16.3. The normalized spacial score (nSPS) is 12.2. The fourth-order valence-corrected chi connectivity index (χ4v) is 1.57. The third kappa shape index (κ3) is 4.53. The zero-order chi connectivity index (χ0) is 12.7. The van der Waals surface area contributed by atoms with E-state index in [1.807, 2.05) is 13.0 Å². The van der Waals surface area contributed by atoms with Crippen molar-refractivity contribution in [3.63, 3.8) is 0 Å². The van der Waals surface area contributed by atoms with Gasteiger partial charge in [0.05, 0.1) is 5.56 Å². The number of hydrogen-bond donors (Lipinski definition) is 2. The lowest BCUT2D eigenvalue weighted by molar-refractivity contribution is 0.0943. The summed E-state index contributed by atoms with van der Waals surface area (Å²) in [6.45, 7) is 4.71. The molecular weight excluding hydrogens is 216 g/mol. The van der Waals surface area contributed by atoms with Gasteiger partial charge in [-0.15, -0.1) is 0 Å². The first kappa shape index (κ1) is 13.6. The fourth-order valence-electron chi connectivity index (χ4n) is 1.57. The monoisotopic (exact) mass is 236 g/mol. The zero-order valence-corrected chi connectivity index (χ0v) is 10.4. The van der Waals surface area contributed by atoms with Gasteiger partial charge in [0.2, 0.25) is 0 Å². The largest absolute Gasteiger partial charge is 0.396 e. The molecule has 1 unspecified atom stereocenters. The maximum absolute atomic E-state index is 11.8. The summed E-state index contributed by atoms with van der Waals surface area (Å²) in [5.41, 5.74) is 1.47. The average molecular weight is 236 g/mol. The van der Waals surface area contributed by atoms with E-state index in [1.54, 1.807) is 12.3 Å². The Morgan fingerprint density at radius 3 is 2.82 bits per heavy atom. The summed E-state index contributed by atoms with van der Waals surface area (Å²) in [5.74, 6) is 0.233. The third-order valence-corrected chi connectivity index (χ3v) is 2.84. The second-order valence-corrected chi connectivity index (χ2v) is 4.18. The number of nitrogens with one attached hydrogen (secondary N) is 1. The van der Waals surface area contributed by atoms with Crippen LogP contribution in [0, 0.1) is 12.8 Å². The molecule has 4 heteroatoms. The van der Waals surface area contributed by atoms with E-state index in [9.17, 15) is 4.79 Å². The number of rotatable bonds is 6. The number of aromatic nitrogens is 1. The molecule has 0 bridgehead atoms. The Morgan fingerprint density at radius 1 is 1.53 bits per heavy atom. The Balaban J connectivity index is 2.46. The van der Waals surface area contributed by atoms with Crippen LogP contribution in [-0.2, 0) is 0 Å². The number of aliphatic hydroxyl groups is 1. The first-order valence-electron chi connectivity index (χ1n) is 5.99. The molecule has 0 aliphatic rings. The Hall–Kier alpha value is -1.42. The molecule has 1 rings (SSSR count). The van der Waals surface area contributed by atoms with Gasteiger partial charge in [-0.05, 0) is 31.4 Å². The topological polar surface area (TPSA) is 62.2 Å². The van der Waals surface area contributed by atoms with Crippen LogP contribution in [0.4, 0.5) is 0 Å². The van der Waals surface area contributed by atoms with E-state index in [0.717, 1.165) is 18.5 Å². The Morgan fingerprint density at radius 2 is 2.29 bits per heavy atom. The molecule has 1 heterocycles. The Kier molecular flexibility index (Phi) is 5.63. The van der Waals surface area contributed by atoms with Crippen LogP contribution in [0.5, 0.6) is 0 Å². The van der Waals surface area contributed by atoms with Crippen molar-refractivity contribution in [2.24, 2.45) is 5.92 Å². The molecule has 17 heavy (non-hydrogen) atoms. The Labute approximate surface area is 102 Å². The van der Waals surface area contributed by atoms with Crippen LogP contribution in [0.15, 0.2) is 18.3 Å². The van der Waals surface area contributed by atoms with Crippen LogP contribution >= 0.6 is 0 Å². The zero-order valence-electron chi connectivity index (χ0n) is 10.4. The van der Waals surface area contributed by atoms with Gasteiger partial charge in [0.1, 0.15) is 0 Å². The molecule has 4 nitrogen and oxygen atoms in total. The molecule has 1 aromatic heterocycles. The van der Waals surface area contributed by atoms with E-state index >= 15 is 0 Å². The summed E-state index contributed by atoms with van der Waals surface area (Å²) < 4.78 is 0. The molecular formula is C13H20N2O2. The highest BCUT2D eigenvalue weighted by molar-refractivity contribution is 5.93. The fraction of sp³-hybridized carbons (Fsp3) is 0.538. The molecule has 94 valence electrons. The molecule has 0 radical (unpaired) electrons. The number of hydrogen-bond acceptors (Lipinski definition) is 3. The van der Waals surface area contributed by atoms with Crippen LogP contribution in [0.3, 0.4) is 0 Å². The predicted octanol–water partition coefficient (Wildman–Crippen LogP) is 1.53. The van der Waals surface area contributed by atoms with Crippen molar-refractivity contribution in [1.29, 1.82) is 0 Å². The summed E-state index contributed by atoms with van der Waals surface area (Å²) in [5, 5.41) is 11.7. The molecule has 0 fully saturated rings. The Bertz CT molecular complexity index is 349. The minimum atomic E-state index is -0.103. The van der Waals surface area contributed by atoms with Gasteiger partial charge in [0, 0.05) is 25.0 Å². The molecule has 1 atom stereocenters. The third-order valence-electron chi connectivity index (χ3n) is 2.84. The van der Waals surface area contributed by atoms with Gasteiger partial charge in [-0.1, -0.05) is 13.3 Å². The SMILES string of the molecule is CCC(CCO)CNC(=O)c1ccc(C)nc1. The molecule has 0 spiro atoms. The predicted molar refractivity (Wildman–Crippen MR) is 66.8 cm³/mol. The van der Waals surface area contributed by atoms with Crippen LogP contribution in [0.1, 0.15) is 35.8 Å². The molecule has 0 aliphatic carbocycles. The number of carbonyl (C=O) groups excluding carboxylic acids is 1. The van der Waals surface area contributed by atoms with Crippen molar-refractivity contribution in [3.05, 3.63) is 29.6 Å². The van der Waals surface area contributed by atoms with Crippen molar-refractivity contribution >= 4 is 5.91 Å². The van der Waals surface area contributed by atoms with Gasteiger partial charge >= 0.3 is 0 Å². The lowest BCUT2D eigenvalue weighted by Gasteiger charge is -2.14. The maximum Gasteiger partial charge on any atom is 0.252 e. The lowest BCUT2D eigenvalue weighted by Crippen LogP contribution is -2.29. The number of pyridine rings is 1. The van der Waals surface area contributed by atoms with Gasteiger partial charge < -0.3 is 10.4 Å². The van der Waals surface area contributed by atoms with Crippen molar-refractivity contribution in [2.75, 3.05) is 13.2 Å². The summed E-state index contributed by atoms with van der Waals surface area (Å²) in [7, 11) is 0. The smallest absolute Gasteiger partial charge is 0.252 e. The maximum atomic E-state index is 11.8. The van der Waals surface area contributed by atoms with Gasteiger partial charge in [0.25, 0.3) is 5.91 Å². The number of aliphatic hydroxyl groups excluding tert-OH is 1. The first-order valence-corrected chi connectivity index (χ1v) is 5.99. The van der Waals surface area contributed by atoms with E-state index in [2.05, 4.69) is 17.2 Å².